The summed E-state index contributed by atoms with van der Waals surface area (Å²) in [6, 6.07) is 22.7. The summed E-state index contributed by atoms with van der Waals surface area (Å²) in [7, 11) is -9.39. The minimum atomic E-state index is -4.70. The maximum atomic E-state index is 12.1. The molecule has 24 heteroatoms. The number of carboxylic acid groups (broad SMARTS) is 2. The topological polar surface area (TPSA) is 375 Å². The summed E-state index contributed by atoms with van der Waals surface area (Å²) < 4.78 is 68.0. The number of carboxylic acids is 2. The number of anilines is 2. The van der Waals surface area contributed by atoms with E-state index in [1.54, 1.807) is 0 Å². The lowest BCUT2D eigenvalue weighted by molar-refractivity contribution is 0.0682. The predicted molar refractivity (Wildman–Crippen MR) is 230 cm³/mol. The van der Waals surface area contributed by atoms with Crippen LogP contribution in [-0.2, 0) is 20.2 Å². The molecule has 0 saturated heterocycles. The number of azo groups is 4. The van der Waals surface area contributed by atoms with Crippen LogP contribution >= 0.6 is 0 Å². The number of nitrogen functional groups attached to an aromatic ring is 2. The van der Waals surface area contributed by atoms with Crippen molar-refractivity contribution in [1.82, 2.24) is 0 Å². The van der Waals surface area contributed by atoms with Crippen LogP contribution in [0.15, 0.2) is 160 Å². The van der Waals surface area contributed by atoms with E-state index in [9.17, 15) is 56.0 Å². The maximum absolute atomic E-state index is 12.1. The van der Waals surface area contributed by atoms with Gasteiger partial charge in [0, 0.05) is 21.5 Å². The van der Waals surface area contributed by atoms with Crippen molar-refractivity contribution >= 4 is 111 Å². The van der Waals surface area contributed by atoms with E-state index in [1.807, 2.05) is 0 Å². The lowest BCUT2D eigenvalue weighted by Crippen LogP contribution is -1.97. The highest BCUT2D eigenvalue weighted by molar-refractivity contribution is 7.86. The average molecular weight is 905 g/mol. The van der Waals surface area contributed by atoms with Gasteiger partial charge in [-0.2, -0.15) is 27.1 Å². The molecule has 22 nitrogen and oxygen atoms in total. The first-order valence-corrected chi connectivity index (χ1v) is 20.7. The van der Waals surface area contributed by atoms with Gasteiger partial charge in [0.2, 0.25) is 0 Å². The van der Waals surface area contributed by atoms with Crippen LogP contribution < -0.4 is 11.5 Å². The molecule has 0 heterocycles. The SMILES string of the molecule is Nc1cc(N)c(N=Nc2ccc(N=Nc3ccc(O)c(C(=O)O)c3)c3ccc(S(=O)(=O)O)cc23)cc1N=Nc1ccc(N=Nc2ccc(O)c(C(=O)O)c2)c2ccc(S(=O)(=O)O)cc12. The van der Waals surface area contributed by atoms with E-state index in [2.05, 4.69) is 40.9 Å². The van der Waals surface area contributed by atoms with E-state index in [1.165, 1.54) is 60.7 Å². The molecule has 7 aromatic rings. The van der Waals surface area contributed by atoms with Crippen LogP contribution in [0.4, 0.5) is 56.9 Å². The van der Waals surface area contributed by atoms with Gasteiger partial charge in [0.05, 0.1) is 55.3 Å². The van der Waals surface area contributed by atoms with E-state index in [0.29, 0.717) is 0 Å². The molecule has 0 radical (unpaired) electrons. The minimum Gasteiger partial charge on any atom is -0.507 e. The molecule has 0 amide bonds. The molecule has 0 fully saturated rings. The van der Waals surface area contributed by atoms with Gasteiger partial charge in [0.25, 0.3) is 20.2 Å². The zero-order chi connectivity index (χ0) is 46.1. The molecular formula is C40H28N10O12S2. The van der Waals surface area contributed by atoms with Gasteiger partial charge in [-0.25, -0.2) is 9.59 Å². The normalized spacial score (nSPS) is 12.4. The third-order valence-corrected chi connectivity index (χ3v) is 10.9. The third-order valence-electron chi connectivity index (χ3n) is 9.15. The predicted octanol–water partition coefficient (Wildman–Crippen LogP) is 10.1. The molecule has 7 aromatic carbocycles. The fourth-order valence-corrected chi connectivity index (χ4v) is 7.01. The Bertz CT molecular complexity index is 3250. The zero-order valence-electron chi connectivity index (χ0n) is 32.1. The van der Waals surface area contributed by atoms with Gasteiger partial charge < -0.3 is 31.9 Å². The highest BCUT2D eigenvalue weighted by Crippen LogP contribution is 2.41. The number of hydrogen-bond donors (Lipinski definition) is 8. The summed E-state index contributed by atoms with van der Waals surface area (Å²) in [5.41, 5.74) is 12.4. The Labute approximate surface area is 359 Å². The highest BCUT2D eigenvalue weighted by atomic mass is 32.2. The summed E-state index contributed by atoms with van der Waals surface area (Å²) in [4.78, 5) is 22.0. The molecule has 0 aliphatic rings. The molecular weight excluding hydrogens is 877 g/mol. The van der Waals surface area contributed by atoms with Crippen molar-refractivity contribution in [2.24, 2.45) is 40.9 Å². The Morgan fingerprint density at radius 1 is 0.406 bits per heavy atom. The number of nitrogens with zero attached hydrogens (tertiary/aromatic N) is 8. The monoisotopic (exact) mass is 904 g/mol. The summed E-state index contributed by atoms with van der Waals surface area (Å²) in [6.45, 7) is 0. The molecule has 0 aromatic heterocycles. The number of phenols is 2. The number of aromatic carboxylic acids is 2. The van der Waals surface area contributed by atoms with Crippen LogP contribution in [0, 0.1) is 0 Å². The first-order chi connectivity index (χ1) is 30.3. The average Bonchev–Trinajstić information content (AvgIpc) is 3.24. The molecule has 0 bridgehead atoms. The number of benzene rings is 7. The molecule has 0 saturated carbocycles. The smallest absolute Gasteiger partial charge is 0.339 e. The lowest BCUT2D eigenvalue weighted by atomic mass is 10.1. The highest BCUT2D eigenvalue weighted by Gasteiger charge is 2.17. The number of hydrogen-bond acceptors (Lipinski definition) is 18. The standard InChI is InChI=1S/C40H28N10O12S2/c41-29-17-30(42)36(50-48-34-10-8-32(24-6-4-22(16-26(24)34)64(60,61)62)46-44-20-2-12-38(52)28(14-20)40(55)56)18-35(29)49-47-33-9-7-31(23-5-3-21(15-25(23)33)63(57,58)59)45-43-19-1-11-37(51)27(13-19)39(53)54/h1-18,51-52H,41-42H2,(H,53,54)(H,55,56)(H,57,58,59)(H,60,61,62). The molecule has 7 rings (SSSR count). The van der Waals surface area contributed by atoms with E-state index in [0.717, 1.165) is 48.5 Å². The molecule has 64 heavy (non-hydrogen) atoms. The van der Waals surface area contributed by atoms with Crippen LogP contribution in [0.2, 0.25) is 0 Å². The van der Waals surface area contributed by atoms with Crippen LogP contribution in [0.25, 0.3) is 21.5 Å². The van der Waals surface area contributed by atoms with Gasteiger partial charge >= 0.3 is 11.9 Å². The number of rotatable bonds is 12. The number of aromatic hydroxyl groups is 2. The second-order valence-corrected chi connectivity index (χ2v) is 16.2. The fourth-order valence-electron chi connectivity index (χ4n) is 6.00. The van der Waals surface area contributed by atoms with Crippen molar-refractivity contribution < 1.29 is 56.0 Å². The first-order valence-electron chi connectivity index (χ1n) is 17.8. The van der Waals surface area contributed by atoms with E-state index in [4.69, 9.17) is 11.5 Å². The minimum absolute atomic E-state index is 0.0159. The second-order valence-electron chi connectivity index (χ2n) is 13.4. The quantitative estimate of drug-likeness (QED) is 0.0321. The molecule has 0 atom stereocenters. The van der Waals surface area contributed by atoms with E-state index >= 15 is 0 Å². The Kier molecular flexibility index (Phi) is 11.6. The summed E-state index contributed by atoms with van der Waals surface area (Å²) >= 11 is 0. The van der Waals surface area contributed by atoms with Gasteiger partial charge in [-0.05, 0) is 97.1 Å². The number of fused-ring (bicyclic) bond motifs is 2. The molecule has 0 unspecified atom stereocenters. The Morgan fingerprint density at radius 3 is 1.11 bits per heavy atom. The molecule has 10 N–H and O–H groups in total. The summed E-state index contributed by atoms with van der Waals surface area (Å²) in [5, 5.41) is 72.6. The van der Waals surface area contributed by atoms with Gasteiger partial charge in [0.15, 0.2) is 0 Å². The van der Waals surface area contributed by atoms with Crippen LogP contribution in [0.5, 0.6) is 11.5 Å². The van der Waals surface area contributed by atoms with Crippen molar-refractivity contribution in [3.05, 3.63) is 120 Å². The van der Waals surface area contributed by atoms with Gasteiger partial charge in [-0.15, -0.1) is 30.7 Å². The van der Waals surface area contributed by atoms with Crippen molar-refractivity contribution in [2.45, 2.75) is 9.79 Å². The maximum Gasteiger partial charge on any atom is 0.339 e. The van der Waals surface area contributed by atoms with Gasteiger partial charge in [-0.3, -0.25) is 9.11 Å². The van der Waals surface area contributed by atoms with Crippen molar-refractivity contribution in [2.75, 3.05) is 11.5 Å². The van der Waals surface area contributed by atoms with E-state index in [-0.39, 0.29) is 78.4 Å². The van der Waals surface area contributed by atoms with Crippen molar-refractivity contribution in [1.29, 1.82) is 0 Å². The summed E-state index contributed by atoms with van der Waals surface area (Å²) in [6.07, 6.45) is 0. The number of nitrogens with two attached hydrogens (primary N) is 2. The van der Waals surface area contributed by atoms with Crippen LogP contribution in [0.1, 0.15) is 20.7 Å². The third kappa shape index (κ3) is 9.33. The summed E-state index contributed by atoms with van der Waals surface area (Å²) in [5.74, 6) is -3.75. The number of carbonyl (C=O) groups is 2. The van der Waals surface area contributed by atoms with Crippen molar-refractivity contribution in [3.63, 3.8) is 0 Å². The van der Waals surface area contributed by atoms with Crippen LogP contribution in [-0.4, -0.2) is 58.3 Å². The molecule has 322 valence electrons. The molecule has 0 aliphatic heterocycles. The fraction of sp³-hybridized carbons (Fsp3) is 0. The van der Waals surface area contributed by atoms with E-state index < -0.39 is 64.6 Å². The van der Waals surface area contributed by atoms with Gasteiger partial charge in [-0.1, -0.05) is 12.1 Å². The largest absolute Gasteiger partial charge is 0.507 e. The molecule has 0 spiro atoms. The first kappa shape index (κ1) is 43.5. The van der Waals surface area contributed by atoms with Crippen molar-refractivity contribution in [3.8, 4) is 11.5 Å². The van der Waals surface area contributed by atoms with Gasteiger partial charge in [0.1, 0.15) is 34.0 Å². The Hall–Kier alpha value is -8.58. The lowest BCUT2D eigenvalue weighted by Gasteiger charge is -2.08. The second kappa shape index (κ2) is 17.1. The van der Waals surface area contributed by atoms with Crippen LogP contribution in [0.3, 0.4) is 0 Å². The Balaban J connectivity index is 1.25. The Morgan fingerprint density at radius 2 is 0.750 bits per heavy atom. The zero-order valence-corrected chi connectivity index (χ0v) is 33.7. The molecule has 0 aliphatic carbocycles.